The smallest absolute Gasteiger partial charge is 0.341 e. The lowest BCUT2D eigenvalue weighted by Gasteiger charge is -2.02. The van der Waals surface area contributed by atoms with Gasteiger partial charge in [0.25, 0.3) is 5.91 Å². The first-order valence-corrected chi connectivity index (χ1v) is 6.81. The Morgan fingerprint density at radius 1 is 1.30 bits per heavy atom. The van der Waals surface area contributed by atoms with Crippen LogP contribution < -0.4 is 10.2 Å². The topological polar surface area (TPSA) is 101 Å². The summed E-state index contributed by atoms with van der Waals surface area (Å²) in [6, 6.07) is 8.28. The molecule has 2 rings (SSSR count). The van der Waals surface area contributed by atoms with Crippen molar-refractivity contribution >= 4 is 18.1 Å². The average Bonchev–Trinajstić information content (AvgIpc) is 2.85. The third-order valence-corrected chi connectivity index (χ3v) is 2.91. The predicted molar refractivity (Wildman–Crippen MR) is 82.8 cm³/mol. The van der Waals surface area contributed by atoms with Gasteiger partial charge in [-0.2, -0.15) is 5.10 Å². The summed E-state index contributed by atoms with van der Waals surface area (Å²) in [5, 5.41) is 12.4. The number of nitrogens with zero attached hydrogens (tertiary/aromatic N) is 1. The standard InChI is InChI=1S/C16H16N2O5/c1-10-7-14(11(2)23-10)16(21)18-17-8-12-3-5-13(6-4-12)22-9-15(19)20/h3-8H,9H2,1-2H3,(H,18,21)(H,19,20)/b17-8-. The molecule has 0 aliphatic carbocycles. The summed E-state index contributed by atoms with van der Waals surface area (Å²) in [4.78, 5) is 22.3. The Morgan fingerprint density at radius 2 is 2.00 bits per heavy atom. The lowest BCUT2D eigenvalue weighted by molar-refractivity contribution is -0.139. The second-order valence-electron chi connectivity index (χ2n) is 4.78. The van der Waals surface area contributed by atoms with Crippen molar-refractivity contribution < 1.29 is 23.8 Å². The molecule has 0 radical (unpaired) electrons. The fourth-order valence-corrected chi connectivity index (χ4v) is 1.88. The lowest BCUT2D eigenvalue weighted by atomic mass is 10.2. The molecule has 7 nitrogen and oxygen atoms in total. The second-order valence-corrected chi connectivity index (χ2v) is 4.78. The number of furan rings is 1. The van der Waals surface area contributed by atoms with Crippen LogP contribution >= 0.6 is 0 Å². The Hall–Kier alpha value is -3.09. The number of carbonyl (C=O) groups excluding carboxylic acids is 1. The number of carbonyl (C=O) groups is 2. The van der Waals surface area contributed by atoms with Gasteiger partial charge in [0.05, 0.1) is 11.8 Å². The first kappa shape index (κ1) is 16.3. The summed E-state index contributed by atoms with van der Waals surface area (Å²) in [6.45, 7) is 3.08. The van der Waals surface area contributed by atoms with E-state index >= 15 is 0 Å². The fourth-order valence-electron chi connectivity index (χ4n) is 1.88. The van der Waals surface area contributed by atoms with Crippen molar-refractivity contribution in [3.63, 3.8) is 0 Å². The van der Waals surface area contributed by atoms with E-state index in [0.717, 1.165) is 5.56 Å². The maximum absolute atomic E-state index is 11.9. The van der Waals surface area contributed by atoms with Crippen molar-refractivity contribution in [3.8, 4) is 5.75 Å². The largest absolute Gasteiger partial charge is 0.482 e. The van der Waals surface area contributed by atoms with Gasteiger partial charge in [0.1, 0.15) is 17.3 Å². The monoisotopic (exact) mass is 316 g/mol. The number of hydrazone groups is 1. The van der Waals surface area contributed by atoms with Gasteiger partial charge < -0.3 is 14.3 Å². The number of nitrogens with one attached hydrogen (secondary N) is 1. The molecule has 120 valence electrons. The van der Waals surface area contributed by atoms with Gasteiger partial charge in [0, 0.05) is 0 Å². The van der Waals surface area contributed by atoms with E-state index in [1.165, 1.54) is 6.21 Å². The van der Waals surface area contributed by atoms with Crippen molar-refractivity contribution in [1.29, 1.82) is 0 Å². The molecule has 0 aliphatic rings. The van der Waals surface area contributed by atoms with E-state index in [0.29, 0.717) is 22.8 Å². The quantitative estimate of drug-likeness (QED) is 0.628. The van der Waals surface area contributed by atoms with E-state index in [-0.39, 0.29) is 5.91 Å². The molecule has 0 spiro atoms. The Morgan fingerprint density at radius 3 is 2.57 bits per heavy atom. The molecule has 0 aliphatic heterocycles. The van der Waals surface area contributed by atoms with Crippen LogP contribution in [-0.2, 0) is 4.79 Å². The number of aryl methyl sites for hydroxylation is 2. The number of carboxylic acid groups (broad SMARTS) is 1. The van der Waals surface area contributed by atoms with Crippen molar-refractivity contribution in [2.24, 2.45) is 5.10 Å². The molecule has 1 heterocycles. The zero-order valence-corrected chi connectivity index (χ0v) is 12.7. The van der Waals surface area contributed by atoms with Crippen LogP contribution in [-0.4, -0.2) is 29.8 Å². The minimum absolute atomic E-state index is 0.350. The van der Waals surface area contributed by atoms with E-state index in [9.17, 15) is 9.59 Å². The maximum atomic E-state index is 11.9. The SMILES string of the molecule is Cc1cc(C(=O)N/N=C\c2ccc(OCC(=O)O)cc2)c(C)o1. The van der Waals surface area contributed by atoms with Gasteiger partial charge >= 0.3 is 5.97 Å². The van der Waals surface area contributed by atoms with Crippen LogP contribution in [0.2, 0.25) is 0 Å². The summed E-state index contributed by atoms with van der Waals surface area (Å²) in [7, 11) is 0. The van der Waals surface area contributed by atoms with Gasteiger partial charge in [-0.25, -0.2) is 10.2 Å². The second kappa shape index (κ2) is 7.26. The zero-order chi connectivity index (χ0) is 16.8. The Balaban J connectivity index is 1.91. The highest BCUT2D eigenvalue weighted by molar-refractivity contribution is 5.95. The predicted octanol–water partition coefficient (Wildman–Crippen LogP) is 2.12. The fraction of sp³-hybridized carbons (Fsp3) is 0.188. The number of hydrogen-bond acceptors (Lipinski definition) is 5. The number of carboxylic acids is 1. The number of aliphatic carboxylic acids is 1. The van der Waals surface area contributed by atoms with Gasteiger partial charge in [0.15, 0.2) is 6.61 Å². The van der Waals surface area contributed by atoms with Crippen LogP contribution in [0.1, 0.15) is 27.4 Å². The van der Waals surface area contributed by atoms with E-state index in [1.54, 1.807) is 44.2 Å². The Labute approximate surface area is 132 Å². The van der Waals surface area contributed by atoms with Crippen molar-refractivity contribution in [1.82, 2.24) is 5.43 Å². The molecule has 7 heteroatoms. The number of rotatable bonds is 6. The van der Waals surface area contributed by atoms with Crippen LogP contribution in [0.25, 0.3) is 0 Å². The summed E-state index contributed by atoms with van der Waals surface area (Å²) in [5.41, 5.74) is 3.59. The highest BCUT2D eigenvalue weighted by Gasteiger charge is 2.12. The molecular weight excluding hydrogens is 300 g/mol. The molecule has 0 bridgehead atoms. The molecule has 2 N–H and O–H groups in total. The van der Waals surface area contributed by atoms with Crippen LogP contribution in [0, 0.1) is 13.8 Å². The number of ether oxygens (including phenoxy) is 1. The molecule has 23 heavy (non-hydrogen) atoms. The third-order valence-electron chi connectivity index (χ3n) is 2.91. The zero-order valence-electron chi connectivity index (χ0n) is 12.7. The van der Waals surface area contributed by atoms with Gasteiger partial charge in [-0.05, 0) is 49.7 Å². The molecule has 0 unspecified atom stereocenters. The van der Waals surface area contributed by atoms with E-state index < -0.39 is 12.6 Å². The third kappa shape index (κ3) is 4.70. The van der Waals surface area contributed by atoms with Gasteiger partial charge in [-0.15, -0.1) is 0 Å². The van der Waals surface area contributed by atoms with Crippen LogP contribution in [0.15, 0.2) is 39.9 Å². The number of amides is 1. The highest BCUT2D eigenvalue weighted by atomic mass is 16.5. The Kier molecular flexibility index (Phi) is 5.14. The van der Waals surface area contributed by atoms with Crippen LogP contribution in [0.5, 0.6) is 5.75 Å². The molecule has 1 amide bonds. The molecule has 2 aromatic rings. The number of hydrogen-bond donors (Lipinski definition) is 2. The molecule has 1 aromatic carbocycles. The minimum Gasteiger partial charge on any atom is -0.482 e. The van der Waals surface area contributed by atoms with Crippen LogP contribution in [0.4, 0.5) is 0 Å². The summed E-state index contributed by atoms with van der Waals surface area (Å²) in [6.07, 6.45) is 1.47. The lowest BCUT2D eigenvalue weighted by Crippen LogP contribution is -2.17. The molecule has 1 aromatic heterocycles. The van der Waals surface area contributed by atoms with Gasteiger partial charge in [0.2, 0.25) is 0 Å². The molecular formula is C16H16N2O5. The molecule has 0 fully saturated rings. The average molecular weight is 316 g/mol. The van der Waals surface area contributed by atoms with Gasteiger partial charge in [-0.3, -0.25) is 4.79 Å². The van der Waals surface area contributed by atoms with E-state index in [2.05, 4.69) is 10.5 Å². The minimum atomic E-state index is -1.04. The summed E-state index contributed by atoms with van der Waals surface area (Å²) in [5.74, 6) is 0.252. The molecule has 0 saturated carbocycles. The first-order valence-electron chi connectivity index (χ1n) is 6.81. The summed E-state index contributed by atoms with van der Waals surface area (Å²) < 4.78 is 10.3. The van der Waals surface area contributed by atoms with Gasteiger partial charge in [-0.1, -0.05) is 0 Å². The Bertz CT molecular complexity index is 731. The van der Waals surface area contributed by atoms with Crippen molar-refractivity contribution in [3.05, 3.63) is 53.0 Å². The molecule has 0 saturated heterocycles. The van der Waals surface area contributed by atoms with E-state index in [4.69, 9.17) is 14.3 Å². The maximum Gasteiger partial charge on any atom is 0.341 e. The normalized spacial score (nSPS) is 10.7. The molecule has 0 atom stereocenters. The highest BCUT2D eigenvalue weighted by Crippen LogP contribution is 2.13. The van der Waals surface area contributed by atoms with Crippen molar-refractivity contribution in [2.45, 2.75) is 13.8 Å². The number of benzene rings is 1. The van der Waals surface area contributed by atoms with E-state index in [1.807, 2.05) is 0 Å². The van der Waals surface area contributed by atoms with Crippen LogP contribution in [0.3, 0.4) is 0 Å². The van der Waals surface area contributed by atoms with Crippen molar-refractivity contribution in [2.75, 3.05) is 6.61 Å². The summed E-state index contributed by atoms with van der Waals surface area (Å²) >= 11 is 0. The first-order chi connectivity index (χ1) is 11.0.